The maximum absolute atomic E-state index is 9.36. The van der Waals surface area contributed by atoms with Crippen molar-refractivity contribution in [2.75, 3.05) is 0 Å². The molecule has 0 spiro atoms. The van der Waals surface area contributed by atoms with E-state index in [1.54, 1.807) is 0 Å². The van der Waals surface area contributed by atoms with Crippen molar-refractivity contribution in [2.24, 2.45) is 5.92 Å². The zero-order valence-corrected chi connectivity index (χ0v) is 13.1. The number of unbranched alkanes of at least 4 members (excludes halogenated alkanes) is 9. The topological polar surface area (TPSA) is 55.2 Å². The van der Waals surface area contributed by atoms with Crippen molar-refractivity contribution in [3.8, 4) is 0 Å². The molecule has 0 aliphatic heterocycles. The molecule has 0 aliphatic carbocycles. The molecular weight excluding hydrogens is 222 g/mol. The molecule has 0 fully saturated rings. The fourth-order valence-corrected chi connectivity index (χ4v) is 2.19. The van der Waals surface area contributed by atoms with Crippen molar-refractivity contribution in [3.05, 3.63) is 0 Å². The molecule has 0 aliphatic rings. The SMILES string of the molecule is CCCCCCCCCCCCC(C)C(C)O.N. The lowest BCUT2D eigenvalue weighted by Gasteiger charge is -2.13. The van der Waals surface area contributed by atoms with Gasteiger partial charge >= 0.3 is 0 Å². The van der Waals surface area contributed by atoms with Gasteiger partial charge in [-0.3, -0.25) is 0 Å². The van der Waals surface area contributed by atoms with Gasteiger partial charge in [-0.05, 0) is 19.3 Å². The lowest BCUT2D eigenvalue weighted by atomic mass is 9.97. The molecule has 2 heteroatoms. The first-order valence-corrected chi connectivity index (χ1v) is 7.86. The molecule has 0 aromatic carbocycles. The Kier molecular flexibility index (Phi) is 16.8. The van der Waals surface area contributed by atoms with Gasteiger partial charge in [0.1, 0.15) is 0 Å². The summed E-state index contributed by atoms with van der Waals surface area (Å²) in [7, 11) is 0. The second-order valence-corrected chi connectivity index (χ2v) is 5.69. The van der Waals surface area contributed by atoms with E-state index in [1.165, 1.54) is 70.6 Å². The summed E-state index contributed by atoms with van der Waals surface area (Å²) in [5, 5.41) is 9.36. The van der Waals surface area contributed by atoms with Gasteiger partial charge in [0.15, 0.2) is 0 Å². The fourth-order valence-electron chi connectivity index (χ4n) is 2.19. The Balaban J connectivity index is 0. The maximum Gasteiger partial charge on any atom is 0.0537 e. The number of rotatable bonds is 12. The summed E-state index contributed by atoms with van der Waals surface area (Å²) in [5.41, 5.74) is 0. The van der Waals surface area contributed by atoms with E-state index in [0.29, 0.717) is 5.92 Å². The highest BCUT2D eigenvalue weighted by atomic mass is 16.3. The average molecular weight is 259 g/mol. The normalized spacial score (nSPS) is 14.0. The molecule has 18 heavy (non-hydrogen) atoms. The second-order valence-electron chi connectivity index (χ2n) is 5.69. The van der Waals surface area contributed by atoms with Crippen LogP contribution in [-0.2, 0) is 0 Å². The number of hydrogen-bond donors (Lipinski definition) is 2. The molecule has 0 rings (SSSR count). The van der Waals surface area contributed by atoms with Crippen LogP contribution in [0.25, 0.3) is 0 Å². The molecular formula is C16H37NO. The van der Waals surface area contributed by atoms with Crippen LogP contribution >= 0.6 is 0 Å². The maximum atomic E-state index is 9.36. The van der Waals surface area contributed by atoms with E-state index >= 15 is 0 Å². The molecule has 2 unspecified atom stereocenters. The molecule has 0 amide bonds. The summed E-state index contributed by atoms with van der Waals surface area (Å²) in [4.78, 5) is 0. The first kappa shape index (κ1) is 20.2. The van der Waals surface area contributed by atoms with E-state index in [4.69, 9.17) is 0 Å². The van der Waals surface area contributed by atoms with Gasteiger partial charge in [-0.1, -0.05) is 78.1 Å². The minimum absolute atomic E-state index is 0. The van der Waals surface area contributed by atoms with Crippen LogP contribution in [0.3, 0.4) is 0 Å². The van der Waals surface area contributed by atoms with Gasteiger partial charge in [0.25, 0.3) is 0 Å². The minimum Gasteiger partial charge on any atom is -0.393 e. The third-order valence-corrected chi connectivity index (χ3v) is 3.84. The quantitative estimate of drug-likeness (QED) is 0.456. The third-order valence-electron chi connectivity index (χ3n) is 3.84. The Bertz CT molecular complexity index is 148. The van der Waals surface area contributed by atoms with Crippen molar-refractivity contribution in [3.63, 3.8) is 0 Å². The Morgan fingerprint density at radius 1 is 0.722 bits per heavy atom. The first-order chi connectivity index (χ1) is 8.18. The van der Waals surface area contributed by atoms with Gasteiger partial charge in [-0.2, -0.15) is 0 Å². The van der Waals surface area contributed by atoms with Crippen LogP contribution in [0.5, 0.6) is 0 Å². The summed E-state index contributed by atoms with van der Waals surface area (Å²) >= 11 is 0. The summed E-state index contributed by atoms with van der Waals surface area (Å²) in [6.07, 6.45) is 15.0. The van der Waals surface area contributed by atoms with Crippen LogP contribution in [0.1, 0.15) is 91.4 Å². The van der Waals surface area contributed by atoms with E-state index in [1.807, 2.05) is 6.92 Å². The van der Waals surface area contributed by atoms with Crippen molar-refractivity contribution in [1.82, 2.24) is 6.15 Å². The Labute approximate surface area is 115 Å². The lowest BCUT2D eigenvalue weighted by Crippen LogP contribution is -2.12. The molecule has 112 valence electrons. The number of hydrogen-bond acceptors (Lipinski definition) is 2. The van der Waals surface area contributed by atoms with Gasteiger partial charge in [0.2, 0.25) is 0 Å². The molecule has 0 saturated carbocycles. The lowest BCUT2D eigenvalue weighted by molar-refractivity contribution is 0.128. The van der Waals surface area contributed by atoms with Gasteiger partial charge in [0.05, 0.1) is 6.10 Å². The molecule has 0 bridgehead atoms. The highest BCUT2D eigenvalue weighted by molar-refractivity contribution is 4.59. The van der Waals surface area contributed by atoms with Crippen LogP contribution < -0.4 is 6.15 Å². The van der Waals surface area contributed by atoms with E-state index in [0.717, 1.165) is 0 Å². The van der Waals surface area contributed by atoms with E-state index < -0.39 is 0 Å². The van der Waals surface area contributed by atoms with Crippen LogP contribution in [0.15, 0.2) is 0 Å². The molecule has 0 aromatic rings. The van der Waals surface area contributed by atoms with Crippen LogP contribution in [0.4, 0.5) is 0 Å². The number of aliphatic hydroxyl groups is 1. The van der Waals surface area contributed by atoms with E-state index in [9.17, 15) is 5.11 Å². The standard InChI is InChI=1S/C16H34O.H3N/c1-4-5-6-7-8-9-10-11-12-13-14-15(2)16(3)17;/h15-17H,4-14H2,1-3H3;1H3. The zero-order chi connectivity index (χ0) is 12.9. The molecule has 0 saturated heterocycles. The second kappa shape index (κ2) is 15.0. The van der Waals surface area contributed by atoms with E-state index in [-0.39, 0.29) is 12.3 Å². The largest absolute Gasteiger partial charge is 0.393 e. The molecule has 0 heterocycles. The molecule has 2 nitrogen and oxygen atoms in total. The molecule has 4 N–H and O–H groups in total. The minimum atomic E-state index is -0.131. The van der Waals surface area contributed by atoms with Gasteiger partial charge in [-0.25, -0.2) is 0 Å². The Morgan fingerprint density at radius 2 is 1.11 bits per heavy atom. The van der Waals surface area contributed by atoms with Gasteiger partial charge in [-0.15, -0.1) is 0 Å². The predicted molar refractivity (Wildman–Crippen MR) is 82.3 cm³/mol. The molecule has 2 atom stereocenters. The van der Waals surface area contributed by atoms with Gasteiger partial charge in [0, 0.05) is 0 Å². The van der Waals surface area contributed by atoms with Crippen LogP contribution in [-0.4, -0.2) is 11.2 Å². The van der Waals surface area contributed by atoms with Gasteiger partial charge < -0.3 is 11.3 Å². The third kappa shape index (κ3) is 14.0. The summed E-state index contributed by atoms with van der Waals surface area (Å²) in [6.45, 7) is 6.33. The average Bonchev–Trinajstić information content (AvgIpc) is 2.31. The summed E-state index contributed by atoms with van der Waals surface area (Å²) in [5.74, 6) is 0.476. The van der Waals surface area contributed by atoms with Crippen molar-refractivity contribution in [2.45, 2.75) is 97.5 Å². The summed E-state index contributed by atoms with van der Waals surface area (Å²) in [6, 6.07) is 0. The monoisotopic (exact) mass is 259 g/mol. The smallest absolute Gasteiger partial charge is 0.0537 e. The first-order valence-electron chi connectivity index (χ1n) is 7.86. The highest BCUT2D eigenvalue weighted by Gasteiger charge is 2.07. The number of aliphatic hydroxyl groups excluding tert-OH is 1. The van der Waals surface area contributed by atoms with Crippen molar-refractivity contribution < 1.29 is 5.11 Å². The molecule has 0 radical (unpaired) electrons. The summed E-state index contributed by atoms with van der Waals surface area (Å²) < 4.78 is 0. The zero-order valence-electron chi connectivity index (χ0n) is 13.1. The fraction of sp³-hybridized carbons (Fsp3) is 1.00. The Morgan fingerprint density at radius 3 is 1.50 bits per heavy atom. The van der Waals surface area contributed by atoms with Crippen LogP contribution in [0.2, 0.25) is 0 Å². The highest BCUT2D eigenvalue weighted by Crippen LogP contribution is 2.15. The van der Waals surface area contributed by atoms with Crippen LogP contribution in [0, 0.1) is 5.92 Å². The Hall–Kier alpha value is -0.0800. The van der Waals surface area contributed by atoms with Crippen molar-refractivity contribution >= 4 is 0 Å². The predicted octanol–water partition coefficient (Wildman–Crippen LogP) is 5.48. The van der Waals surface area contributed by atoms with Crippen molar-refractivity contribution in [1.29, 1.82) is 0 Å². The molecule has 0 aromatic heterocycles. The van der Waals surface area contributed by atoms with E-state index in [2.05, 4.69) is 13.8 Å².